The van der Waals surface area contributed by atoms with Crippen molar-refractivity contribution in [3.05, 3.63) is 70.8 Å². The number of benzene rings is 2. The Labute approximate surface area is 164 Å². The molecule has 0 atom stereocenters. The molecule has 2 aromatic rings. The summed E-state index contributed by atoms with van der Waals surface area (Å²) >= 11 is 0. The highest BCUT2D eigenvalue weighted by molar-refractivity contribution is 5.28. The molecule has 0 N–H and O–H groups in total. The Balaban J connectivity index is 0.000000439. The Morgan fingerprint density at radius 3 is 0.769 bits per heavy atom. The fourth-order valence-corrected chi connectivity index (χ4v) is 2.55. The lowest BCUT2D eigenvalue weighted by molar-refractivity contribution is 0.834. The SMILES string of the molecule is CC.CC(C)c1cccc(C(C)C)c1.CC(C)c1cccc(C(C)C)c1. The van der Waals surface area contributed by atoms with Crippen LogP contribution in [0.1, 0.15) is 115 Å². The maximum absolute atomic E-state index is 2.31. The van der Waals surface area contributed by atoms with Gasteiger partial charge in [0.2, 0.25) is 0 Å². The molecule has 0 nitrogen and oxygen atoms in total. The van der Waals surface area contributed by atoms with Gasteiger partial charge >= 0.3 is 0 Å². The maximum atomic E-state index is 2.31. The first-order chi connectivity index (χ1) is 12.2. The van der Waals surface area contributed by atoms with Crippen LogP contribution < -0.4 is 0 Å². The molecular weight excluding hydrogens is 312 g/mol. The van der Waals surface area contributed by atoms with E-state index in [1.807, 2.05) is 13.8 Å². The smallest absolute Gasteiger partial charge is 0.0219 e. The fraction of sp³-hybridized carbons (Fsp3) is 0.538. The first-order valence-electron chi connectivity index (χ1n) is 10.4. The van der Waals surface area contributed by atoms with Crippen molar-refractivity contribution in [2.24, 2.45) is 0 Å². The van der Waals surface area contributed by atoms with Crippen LogP contribution in [0, 0.1) is 0 Å². The minimum atomic E-state index is 0.642. The van der Waals surface area contributed by atoms with Crippen LogP contribution in [0.2, 0.25) is 0 Å². The Kier molecular flexibility index (Phi) is 12.0. The molecule has 26 heavy (non-hydrogen) atoms. The van der Waals surface area contributed by atoms with Gasteiger partial charge in [0.05, 0.1) is 0 Å². The van der Waals surface area contributed by atoms with Gasteiger partial charge in [-0.1, -0.05) is 118 Å². The van der Waals surface area contributed by atoms with E-state index in [-0.39, 0.29) is 0 Å². The van der Waals surface area contributed by atoms with Gasteiger partial charge in [0.25, 0.3) is 0 Å². The van der Waals surface area contributed by atoms with Crippen LogP contribution in [0.15, 0.2) is 48.5 Å². The van der Waals surface area contributed by atoms with Gasteiger partial charge in [-0.05, 0) is 45.9 Å². The van der Waals surface area contributed by atoms with Crippen molar-refractivity contribution in [3.8, 4) is 0 Å². The van der Waals surface area contributed by atoms with E-state index in [1.165, 1.54) is 22.3 Å². The Hall–Kier alpha value is -1.56. The van der Waals surface area contributed by atoms with E-state index in [4.69, 9.17) is 0 Å². The standard InChI is InChI=1S/2C12H18.C2H6/c2*1-9(2)11-6-5-7-12(8-11)10(3)4;1-2/h2*5-10H,1-4H3;1-2H3. The second-order valence-corrected chi connectivity index (χ2v) is 7.96. The monoisotopic (exact) mass is 354 g/mol. The summed E-state index contributed by atoms with van der Waals surface area (Å²) < 4.78 is 0. The summed E-state index contributed by atoms with van der Waals surface area (Å²) in [6.07, 6.45) is 0. The van der Waals surface area contributed by atoms with E-state index in [0.29, 0.717) is 23.7 Å². The lowest BCUT2D eigenvalue weighted by atomic mass is 9.96. The van der Waals surface area contributed by atoms with E-state index >= 15 is 0 Å². The fourth-order valence-electron chi connectivity index (χ4n) is 2.55. The molecule has 0 aromatic heterocycles. The summed E-state index contributed by atoms with van der Waals surface area (Å²) in [7, 11) is 0. The average Bonchev–Trinajstić information content (AvgIpc) is 2.64. The molecule has 2 aromatic carbocycles. The summed E-state index contributed by atoms with van der Waals surface area (Å²) in [6, 6.07) is 17.8. The van der Waals surface area contributed by atoms with Crippen LogP contribution in [0.25, 0.3) is 0 Å². The predicted molar refractivity (Wildman–Crippen MR) is 121 cm³/mol. The molecule has 0 unspecified atom stereocenters. The first kappa shape index (κ1) is 24.4. The van der Waals surface area contributed by atoms with Gasteiger partial charge in [0, 0.05) is 0 Å². The third kappa shape index (κ3) is 8.70. The van der Waals surface area contributed by atoms with E-state index in [1.54, 1.807) is 0 Å². The zero-order chi connectivity index (χ0) is 20.3. The molecule has 0 spiro atoms. The van der Waals surface area contributed by atoms with Gasteiger partial charge in [0.1, 0.15) is 0 Å². The van der Waals surface area contributed by atoms with Crippen molar-refractivity contribution in [2.45, 2.75) is 92.9 Å². The number of hydrogen-bond acceptors (Lipinski definition) is 0. The third-order valence-electron chi connectivity index (χ3n) is 4.49. The lowest BCUT2D eigenvalue weighted by Gasteiger charge is -2.09. The van der Waals surface area contributed by atoms with Crippen LogP contribution in [0.4, 0.5) is 0 Å². The highest BCUT2D eigenvalue weighted by Crippen LogP contribution is 2.21. The molecule has 0 radical (unpaired) electrons. The van der Waals surface area contributed by atoms with Gasteiger partial charge in [-0.2, -0.15) is 0 Å². The molecule has 0 saturated carbocycles. The lowest BCUT2D eigenvalue weighted by Crippen LogP contribution is -1.91. The van der Waals surface area contributed by atoms with Crippen LogP contribution in [0.3, 0.4) is 0 Å². The molecule has 0 fully saturated rings. The van der Waals surface area contributed by atoms with E-state index < -0.39 is 0 Å². The van der Waals surface area contributed by atoms with E-state index in [9.17, 15) is 0 Å². The Morgan fingerprint density at radius 1 is 0.423 bits per heavy atom. The van der Waals surface area contributed by atoms with Crippen LogP contribution in [-0.4, -0.2) is 0 Å². The summed E-state index contributed by atoms with van der Waals surface area (Å²) in [4.78, 5) is 0. The van der Waals surface area contributed by atoms with E-state index in [0.717, 1.165) is 0 Å². The van der Waals surface area contributed by atoms with E-state index in [2.05, 4.69) is 104 Å². The summed E-state index contributed by atoms with van der Waals surface area (Å²) in [6.45, 7) is 21.9. The minimum absolute atomic E-state index is 0.642. The predicted octanol–water partition coefficient (Wildman–Crippen LogP) is 8.89. The zero-order valence-corrected chi connectivity index (χ0v) is 18.9. The molecule has 0 aliphatic rings. The molecule has 146 valence electrons. The van der Waals surface area contributed by atoms with Crippen molar-refractivity contribution in [1.82, 2.24) is 0 Å². The van der Waals surface area contributed by atoms with Gasteiger partial charge in [0.15, 0.2) is 0 Å². The molecule has 0 saturated heterocycles. The van der Waals surface area contributed by atoms with Crippen LogP contribution in [0.5, 0.6) is 0 Å². The van der Waals surface area contributed by atoms with Crippen molar-refractivity contribution >= 4 is 0 Å². The van der Waals surface area contributed by atoms with Gasteiger partial charge in [-0.25, -0.2) is 0 Å². The summed E-state index contributed by atoms with van der Waals surface area (Å²) in [5.74, 6) is 2.57. The van der Waals surface area contributed by atoms with Gasteiger partial charge in [-0.15, -0.1) is 0 Å². The van der Waals surface area contributed by atoms with Crippen LogP contribution >= 0.6 is 0 Å². The third-order valence-corrected chi connectivity index (χ3v) is 4.49. The van der Waals surface area contributed by atoms with Crippen molar-refractivity contribution in [2.75, 3.05) is 0 Å². The first-order valence-corrected chi connectivity index (χ1v) is 10.4. The Morgan fingerprint density at radius 2 is 0.615 bits per heavy atom. The van der Waals surface area contributed by atoms with Crippen molar-refractivity contribution < 1.29 is 0 Å². The van der Waals surface area contributed by atoms with Gasteiger partial charge < -0.3 is 0 Å². The Bertz CT molecular complexity index is 501. The van der Waals surface area contributed by atoms with Crippen molar-refractivity contribution in [1.29, 1.82) is 0 Å². The molecule has 0 amide bonds. The second-order valence-electron chi connectivity index (χ2n) is 7.96. The maximum Gasteiger partial charge on any atom is -0.0219 e. The zero-order valence-electron chi connectivity index (χ0n) is 18.9. The largest absolute Gasteiger partial charge is 0.0683 e. The van der Waals surface area contributed by atoms with Crippen molar-refractivity contribution in [3.63, 3.8) is 0 Å². The molecule has 0 bridgehead atoms. The quantitative estimate of drug-likeness (QED) is 0.514. The van der Waals surface area contributed by atoms with Crippen LogP contribution in [-0.2, 0) is 0 Å². The molecule has 0 aliphatic heterocycles. The van der Waals surface area contributed by atoms with Gasteiger partial charge in [-0.3, -0.25) is 0 Å². The second kappa shape index (κ2) is 12.7. The average molecular weight is 355 g/mol. The summed E-state index contributed by atoms with van der Waals surface area (Å²) in [5, 5.41) is 0. The minimum Gasteiger partial charge on any atom is -0.0683 e. The molecular formula is C26H42. The normalized spacial score (nSPS) is 10.5. The number of hydrogen-bond donors (Lipinski definition) is 0. The highest BCUT2D eigenvalue weighted by atomic mass is 14.1. The highest BCUT2D eigenvalue weighted by Gasteiger charge is 2.03. The molecule has 2 rings (SSSR count). The molecule has 0 heterocycles. The number of rotatable bonds is 4. The topological polar surface area (TPSA) is 0 Å². The molecule has 0 heteroatoms. The summed E-state index contributed by atoms with van der Waals surface area (Å²) in [5.41, 5.74) is 5.78. The molecule has 0 aliphatic carbocycles.